The van der Waals surface area contributed by atoms with Crippen molar-refractivity contribution in [2.24, 2.45) is 0 Å². The first-order valence-corrected chi connectivity index (χ1v) is 9.07. The van der Waals surface area contributed by atoms with Crippen LogP contribution >= 0.6 is 22.9 Å². The van der Waals surface area contributed by atoms with Gasteiger partial charge in [-0.15, -0.1) is 0 Å². The molecule has 7 nitrogen and oxygen atoms in total. The van der Waals surface area contributed by atoms with E-state index in [4.69, 9.17) is 16.3 Å². The van der Waals surface area contributed by atoms with E-state index in [9.17, 15) is 0 Å². The Kier molecular flexibility index (Phi) is 4.85. The Labute approximate surface area is 158 Å². The fourth-order valence-electron chi connectivity index (χ4n) is 2.36. The summed E-state index contributed by atoms with van der Waals surface area (Å²) >= 11 is 7.15. The maximum absolute atomic E-state index is 5.79. The van der Waals surface area contributed by atoms with Gasteiger partial charge in [0, 0.05) is 24.3 Å². The number of anilines is 1. The van der Waals surface area contributed by atoms with E-state index in [0.29, 0.717) is 33.9 Å². The third-order valence-corrected chi connectivity index (χ3v) is 4.60. The van der Waals surface area contributed by atoms with Crippen LogP contribution in [0.3, 0.4) is 0 Å². The number of fused-ring (bicyclic) bond motifs is 1. The molecule has 1 N–H and O–H groups in total. The summed E-state index contributed by atoms with van der Waals surface area (Å²) in [6, 6.07) is 7.86. The standard InChI is InChI=1S/C17H13ClN6OS/c18-13-9-26-17(24-13)25-12-3-1-11(2-4-12)5-6-20-15-14-16(23-10-22-15)21-8-7-19-14/h1-4,7-10H,5-6H2,(H,20,21,22,23). The van der Waals surface area contributed by atoms with E-state index >= 15 is 0 Å². The highest BCUT2D eigenvalue weighted by Gasteiger charge is 2.05. The molecule has 0 aliphatic heterocycles. The lowest BCUT2D eigenvalue weighted by molar-refractivity contribution is 0.478. The molecule has 130 valence electrons. The normalized spacial score (nSPS) is 10.8. The summed E-state index contributed by atoms with van der Waals surface area (Å²) < 4.78 is 5.65. The zero-order valence-electron chi connectivity index (χ0n) is 13.5. The van der Waals surface area contributed by atoms with Crippen LogP contribution in [0.1, 0.15) is 5.56 Å². The third kappa shape index (κ3) is 3.87. The molecule has 0 amide bonds. The lowest BCUT2D eigenvalue weighted by Gasteiger charge is -2.08. The lowest BCUT2D eigenvalue weighted by Crippen LogP contribution is -2.07. The number of rotatable bonds is 6. The second-order valence-corrected chi connectivity index (χ2v) is 6.52. The highest BCUT2D eigenvalue weighted by atomic mass is 35.5. The molecule has 0 aliphatic carbocycles. The van der Waals surface area contributed by atoms with Gasteiger partial charge >= 0.3 is 0 Å². The Bertz CT molecular complexity index is 1020. The number of hydrogen-bond acceptors (Lipinski definition) is 8. The molecule has 0 fully saturated rings. The van der Waals surface area contributed by atoms with E-state index in [1.54, 1.807) is 17.8 Å². The average Bonchev–Trinajstić information content (AvgIpc) is 3.08. The number of nitrogens with one attached hydrogen (secondary N) is 1. The highest BCUT2D eigenvalue weighted by molar-refractivity contribution is 7.11. The van der Waals surface area contributed by atoms with Crippen LogP contribution < -0.4 is 10.1 Å². The highest BCUT2D eigenvalue weighted by Crippen LogP contribution is 2.27. The van der Waals surface area contributed by atoms with Crippen molar-refractivity contribution in [2.45, 2.75) is 6.42 Å². The van der Waals surface area contributed by atoms with Gasteiger partial charge in [-0.05, 0) is 24.1 Å². The summed E-state index contributed by atoms with van der Waals surface area (Å²) in [5, 5.41) is 5.99. The van der Waals surface area contributed by atoms with Crippen molar-refractivity contribution in [1.29, 1.82) is 0 Å². The van der Waals surface area contributed by atoms with Crippen LogP contribution in [-0.4, -0.2) is 31.5 Å². The molecule has 4 rings (SSSR count). The monoisotopic (exact) mass is 384 g/mol. The molecule has 0 saturated carbocycles. The number of benzene rings is 1. The smallest absolute Gasteiger partial charge is 0.280 e. The summed E-state index contributed by atoms with van der Waals surface area (Å²) in [7, 11) is 0. The zero-order valence-corrected chi connectivity index (χ0v) is 15.0. The van der Waals surface area contributed by atoms with Crippen molar-refractivity contribution in [3.8, 4) is 10.9 Å². The minimum absolute atomic E-state index is 0.439. The minimum atomic E-state index is 0.439. The summed E-state index contributed by atoms with van der Waals surface area (Å²) in [5.74, 6) is 1.41. The molecule has 4 aromatic rings. The van der Waals surface area contributed by atoms with Crippen molar-refractivity contribution >= 4 is 39.9 Å². The van der Waals surface area contributed by atoms with Crippen LogP contribution in [0.4, 0.5) is 5.82 Å². The van der Waals surface area contributed by atoms with Gasteiger partial charge in [0.05, 0.1) is 0 Å². The van der Waals surface area contributed by atoms with Gasteiger partial charge in [0.15, 0.2) is 11.5 Å². The molecular formula is C17H13ClN6OS. The molecule has 0 spiro atoms. The zero-order chi connectivity index (χ0) is 17.8. The van der Waals surface area contributed by atoms with Crippen molar-refractivity contribution < 1.29 is 4.74 Å². The second kappa shape index (κ2) is 7.59. The maximum atomic E-state index is 5.79. The van der Waals surface area contributed by atoms with E-state index in [-0.39, 0.29) is 0 Å². The molecule has 1 aromatic carbocycles. The SMILES string of the molecule is Clc1csc(Oc2ccc(CCNc3ncnc4nccnc34)cc2)n1. The molecule has 0 saturated heterocycles. The third-order valence-electron chi connectivity index (χ3n) is 3.56. The fraction of sp³-hybridized carbons (Fsp3) is 0.118. The van der Waals surface area contributed by atoms with E-state index in [2.05, 4.69) is 30.2 Å². The van der Waals surface area contributed by atoms with Gasteiger partial charge in [0.25, 0.3) is 5.19 Å². The largest absolute Gasteiger partial charge is 0.431 e. The summed E-state index contributed by atoms with van der Waals surface area (Å²) in [4.78, 5) is 20.9. The first-order chi connectivity index (χ1) is 12.8. The molecule has 0 aliphatic rings. The molecule has 0 radical (unpaired) electrons. The molecule has 0 unspecified atom stereocenters. The molecule has 0 bridgehead atoms. The van der Waals surface area contributed by atoms with Gasteiger partial charge in [-0.3, -0.25) is 0 Å². The predicted octanol–water partition coefficient (Wildman–Crippen LogP) is 3.98. The lowest BCUT2D eigenvalue weighted by atomic mass is 10.1. The molecule has 0 atom stereocenters. The van der Waals surface area contributed by atoms with Crippen molar-refractivity contribution in [2.75, 3.05) is 11.9 Å². The van der Waals surface area contributed by atoms with Crippen LogP contribution in [0.2, 0.25) is 5.15 Å². The summed E-state index contributed by atoms with van der Waals surface area (Å²) in [6.07, 6.45) is 5.55. The first-order valence-electron chi connectivity index (χ1n) is 7.81. The Morgan fingerprint density at radius 1 is 1.04 bits per heavy atom. The average molecular weight is 385 g/mol. The topological polar surface area (TPSA) is 85.7 Å². The molecule has 3 heterocycles. The minimum Gasteiger partial charge on any atom is -0.431 e. The summed E-state index contributed by atoms with van der Waals surface area (Å²) in [5.41, 5.74) is 2.42. The maximum Gasteiger partial charge on any atom is 0.280 e. The van der Waals surface area contributed by atoms with E-state index in [1.165, 1.54) is 23.2 Å². The van der Waals surface area contributed by atoms with Gasteiger partial charge in [-0.25, -0.2) is 19.9 Å². The Morgan fingerprint density at radius 2 is 1.88 bits per heavy atom. The van der Waals surface area contributed by atoms with Crippen LogP contribution in [-0.2, 0) is 6.42 Å². The van der Waals surface area contributed by atoms with Crippen molar-refractivity contribution in [3.63, 3.8) is 0 Å². The number of aromatic nitrogens is 5. The van der Waals surface area contributed by atoms with Gasteiger partial charge in [0.2, 0.25) is 0 Å². The summed E-state index contributed by atoms with van der Waals surface area (Å²) in [6.45, 7) is 0.713. The predicted molar refractivity (Wildman–Crippen MR) is 101 cm³/mol. The number of thiazole rings is 1. The Morgan fingerprint density at radius 3 is 2.69 bits per heavy atom. The quantitative estimate of drug-likeness (QED) is 0.538. The van der Waals surface area contributed by atoms with E-state index < -0.39 is 0 Å². The van der Waals surface area contributed by atoms with Crippen molar-refractivity contribution in [3.05, 3.63) is 59.1 Å². The van der Waals surface area contributed by atoms with Crippen LogP contribution in [0, 0.1) is 0 Å². The number of halogens is 1. The molecular weight excluding hydrogens is 372 g/mol. The van der Waals surface area contributed by atoms with Gasteiger partial charge < -0.3 is 10.1 Å². The number of ether oxygens (including phenoxy) is 1. The van der Waals surface area contributed by atoms with Crippen LogP contribution in [0.5, 0.6) is 10.9 Å². The van der Waals surface area contributed by atoms with Crippen LogP contribution in [0.15, 0.2) is 48.4 Å². The number of hydrogen-bond donors (Lipinski definition) is 1. The Hall–Kier alpha value is -2.84. The fourth-order valence-corrected chi connectivity index (χ4v) is 3.17. The Balaban J connectivity index is 1.36. The van der Waals surface area contributed by atoms with Gasteiger partial charge in [-0.2, -0.15) is 4.98 Å². The molecule has 9 heteroatoms. The van der Waals surface area contributed by atoms with Gasteiger partial charge in [-0.1, -0.05) is 35.1 Å². The van der Waals surface area contributed by atoms with E-state index in [1.807, 2.05) is 24.3 Å². The van der Waals surface area contributed by atoms with E-state index in [0.717, 1.165) is 12.2 Å². The second-order valence-electron chi connectivity index (χ2n) is 5.31. The molecule has 3 aromatic heterocycles. The van der Waals surface area contributed by atoms with Gasteiger partial charge in [0.1, 0.15) is 22.7 Å². The number of nitrogens with zero attached hydrogens (tertiary/aromatic N) is 5. The van der Waals surface area contributed by atoms with Crippen molar-refractivity contribution in [1.82, 2.24) is 24.9 Å². The molecule has 26 heavy (non-hydrogen) atoms. The first kappa shape index (κ1) is 16.6. The van der Waals surface area contributed by atoms with Crippen LogP contribution in [0.25, 0.3) is 11.2 Å².